The highest BCUT2D eigenvalue weighted by molar-refractivity contribution is 5.81. The molecule has 0 unspecified atom stereocenters. The third kappa shape index (κ3) is 3.64. The van der Waals surface area contributed by atoms with Crippen LogP contribution in [0.5, 0.6) is 0 Å². The first kappa shape index (κ1) is 16.5. The summed E-state index contributed by atoms with van der Waals surface area (Å²) >= 11 is 0. The van der Waals surface area contributed by atoms with Crippen molar-refractivity contribution in [1.29, 1.82) is 0 Å². The number of rotatable bonds is 3. The Bertz CT molecular complexity index is 544. The van der Waals surface area contributed by atoms with Crippen LogP contribution in [0.2, 0.25) is 0 Å². The van der Waals surface area contributed by atoms with Crippen LogP contribution in [0.25, 0.3) is 0 Å². The Morgan fingerprint density at radius 2 is 1.95 bits per heavy atom. The second-order valence-electron chi connectivity index (χ2n) is 5.98. The van der Waals surface area contributed by atoms with Gasteiger partial charge in [-0.1, -0.05) is 12.1 Å². The van der Waals surface area contributed by atoms with Crippen molar-refractivity contribution in [1.82, 2.24) is 9.80 Å². The van der Waals surface area contributed by atoms with Crippen LogP contribution in [-0.4, -0.2) is 41.8 Å². The number of hydrogen-bond acceptors (Lipinski definition) is 2. The number of amides is 2. The van der Waals surface area contributed by atoms with Crippen molar-refractivity contribution in [3.05, 3.63) is 35.6 Å². The summed E-state index contributed by atoms with van der Waals surface area (Å²) in [5, 5.41) is 0. The molecule has 2 rings (SSSR count). The second-order valence-corrected chi connectivity index (χ2v) is 5.98. The van der Waals surface area contributed by atoms with Gasteiger partial charge >= 0.3 is 0 Å². The van der Waals surface area contributed by atoms with Gasteiger partial charge in [-0.25, -0.2) is 4.39 Å². The van der Waals surface area contributed by atoms with Crippen molar-refractivity contribution < 1.29 is 14.0 Å². The number of likely N-dealkylation sites (tertiary alicyclic amines) is 1. The van der Waals surface area contributed by atoms with E-state index in [0.29, 0.717) is 6.54 Å². The summed E-state index contributed by atoms with van der Waals surface area (Å²) in [6.07, 6.45) is 1.66. The number of nitrogens with zero attached hydrogens (tertiary/aromatic N) is 2. The average molecular weight is 306 g/mol. The maximum Gasteiger partial charge on any atom is 0.227 e. The number of carbonyl (C=O) groups excluding carboxylic acids is 2. The molecular weight excluding hydrogens is 283 g/mol. The SMILES string of the molecule is CC(=O)N1CCC[C@H](C(=O)N(C)[C@H](C)c2ccc(F)cc2)C1. The summed E-state index contributed by atoms with van der Waals surface area (Å²) in [5.74, 6) is -0.366. The largest absolute Gasteiger partial charge is 0.342 e. The maximum absolute atomic E-state index is 13.0. The Balaban J connectivity index is 2.04. The number of piperidine rings is 1. The molecule has 0 spiro atoms. The van der Waals surface area contributed by atoms with E-state index in [2.05, 4.69) is 0 Å². The zero-order valence-corrected chi connectivity index (χ0v) is 13.4. The van der Waals surface area contributed by atoms with Gasteiger partial charge in [-0.05, 0) is 37.5 Å². The molecule has 1 aromatic carbocycles. The molecule has 120 valence electrons. The highest BCUT2D eigenvalue weighted by atomic mass is 19.1. The molecule has 0 radical (unpaired) electrons. The van der Waals surface area contributed by atoms with Gasteiger partial charge in [0.15, 0.2) is 0 Å². The molecule has 1 heterocycles. The summed E-state index contributed by atoms with van der Waals surface area (Å²) in [5.41, 5.74) is 0.900. The molecule has 0 N–H and O–H groups in total. The monoisotopic (exact) mass is 306 g/mol. The standard InChI is InChI=1S/C17H23FN2O2/c1-12(14-6-8-16(18)9-7-14)19(3)17(22)15-5-4-10-20(11-15)13(2)21/h6-9,12,15H,4-5,10-11H2,1-3H3/t12-,15+/m1/s1. The fourth-order valence-corrected chi connectivity index (χ4v) is 2.91. The van der Waals surface area contributed by atoms with Gasteiger partial charge < -0.3 is 9.80 Å². The lowest BCUT2D eigenvalue weighted by Crippen LogP contribution is -2.45. The van der Waals surface area contributed by atoms with E-state index >= 15 is 0 Å². The predicted molar refractivity (Wildman–Crippen MR) is 82.6 cm³/mol. The zero-order valence-electron chi connectivity index (χ0n) is 13.4. The van der Waals surface area contributed by atoms with E-state index in [4.69, 9.17) is 0 Å². The maximum atomic E-state index is 13.0. The van der Waals surface area contributed by atoms with Gasteiger partial charge in [-0.2, -0.15) is 0 Å². The molecule has 1 saturated heterocycles. The van der Waals surface area contributed by atoms with Gasteiger partial charge in [0.2, 0.25) is 11.8 Å². The summed E-state index contributed by atoms with van der Waals surface area (Å²) in [4.78, 5) is 27.6. The molecule has 22 heavy (non-hydrogen) atoms. The number of hydrogen-bond donors (Lipinski definition) is 0. The lowest BCUT2D eigenvalue weighted by molar-refractivity contribution is -0.140. The van der Waals surface area contributed by atoms with Crippen molar-refractivity contribution in [3.63, 3.8) is 0 Å². The molecule has 0 bridgehead atoms. The van der Waals surface area contributed by atoms with Crippen molar-refractivity contribution in [3.8, 4) is 0 Å². The van der Waals surface area contributed by atoms with Crippen LogP contribution < -0.4 is 0 Å². The predicted octanol–water partition coefficient (Wildman–Crippen LogP) is 2.60. The Labute approximate surface area is 130 Å². The van der Waals surface area contributed by atoms with E-state index in [-0.39, 0.29) is 29.6 Å². The minimum atomic E-state index is -0.283. The highest BCUT2D eigenvalue weighted by Crippen LogP contribution is 2.24. The average Bonchev–Trinajstić information content (AvgIpc) is 2.53. The van der Waals surface area contributed by atoms with Gasteiger partial charge in [0.25, 0.3) is 0 Å². The van der Waals surface area contributed by atoms with E-state index in [1.54, 1.807) is 29.0 Å². The Kier molecular flexibility index (Phi) is 5.16. The van der Waals surface area contributed by atoms with Crippen LogP contribution in [0.1, 0.15) is 38.3 Å². The minimum absolute atomic E-state index is 0.0201. The van der Waals surface area contributed by atoms with Gasteiger partial charge in [0, 0.05) is 27.1 Å². The van der Waals surface area contributed by atoms with E-state index < -0.39 is 0 Å². The van der Waals surface area contributed by atoms with Gasteiger partial charge in [0.05, 0.1) is 12.0 Å². The van der Waals surface area contributed by atoms with E-state index in [1.165, 1.54) is 19.1 Å². The molecule has 2 atom stereocenters. The Morgan fingerprint density at radius 1 is 1.32 bits per heavy atom. The summed E-state index contributed by atoms with van der Waals surface area (Å²) in [6, 6.07) is 6.09. The van der Waals surface area contributed by atoms with Gasteiger partial charge in [-0.15, -0.1) is 0 Å². The van der Waals surface area contributed by atoms with Crippen LogP contribution >= 0.6 is 0 Å². The zero-order chi connectivity index (χ0) is 16.3. The van der Waals surface area contributed by atoms with Crippen LogP contribution in [0, 0.1) is 11.7 Å². The second kappa shape index (κ2) is 6.90. The van der Waals surface area contributed by atoms with E-state index in [9.17, 15) is 14.0 Å². The topological polar surface area (TPSA) is 40.6 Å². The van der Waals surface area contributed by atoms with E-state index in [1.807, 2.05) is 6.92 Å². The first-order valence-electron chi connectivity index (χ1n) is 7.67. The number of halogens is 1. The minimum Gasteiger partial charge on any atom is -0.342 e. The van der Waals surface area contributed by atoms with Crippen LogP contribution in [0.4, 0.5) is 4.39 Å². The summed E-state index contributed by atoms with van der Waals surface area (Å²) in [7, 11) is 1.77. The summed E-state index contributed by atoms with van der Waals surface area (Å²) < 4.78 is 13.0. The number of carbonyl (C=O) groups is 2. The molecule has 0 aromatic heterocycles. The van der Waals surface area contributed by atoms with Crippen molar-refractivity contribution in [2.45, 2.75) is 32.7 Å². The van der Waals surface area contributed by atoms with Gasteiger partial charge in [0.1, 0.15) is 5.82 Å². The Morgan fingerprint density at radius 3 is 2.55 bits per heavy atom. The molecule has 1 aromatic rings. The lowest BCUT2D eigenvalue weighted by atomic mass is 9.95. The first-order chi connectivity index (χ1) is 10.4. The molecule has 5 heteroatoms. The molecule has 1 aliphatic heterocycles. The molecular formula is C17H23FN2O2. The van der Waals surface area contributed by atoms with Crippen LogP contribution in [0.3, 0.4) is 0 Å². The summed E-state index contributed by atoms with van der Waals surface area (Å²) in [6.45, 7) is 4.69. The molecule has 1 aliphatic rings. The molecule has 4 nitrogen and oxygen atoms in total. The quantitative estimate of drug-likeness (QED) is 0.861. The van der Waals surface area contributed by atoms with Crippen LogP contribution in [-0.2, 0) is 9.59 Å². The molecule has 0 saturated carbocycles. The van der Waals surface area contributed by atoms with Crippen LogP contribution in [0.15, 0.2) is 24.3 Å². The van der Waals surface area contributed by atoms with E-state index in [0.717, 1.165) is 24.9 Å². The van der Waals surface area contributed by atoms with Crippen molar-refractivity contribution >= 4 is 11.8 Å². The molecule has 0 aliphatic carbocycles. The smallest absolute Gasteiger partial charge is 0.227 e. The first-order valence-corrected chi connectivity index (χ1v) is 7.67. The number of benzene rings is 1. The Hall–Kier alpha value is -1.91. The van der Waals surface area contributed by atoms with Crippen molar-refractivity contribution in [2.24, 2.45) is 5.92 Å². The van der Waals surface area contributed by atoms with Gasteiger partial charge in [-0.3, -0.25) is 9.59 Å². The normalized spacial score (nSPS) is 19.6. The highest BCUT2D eigenvalue weighted by Gasteiger charge is 2.30. The third-order valence-electron chi connectivity index (χ3n) is 4.50. The third-order valence-corrected chi connectivity index (χ3v) is 4.50. The molecule has 2 amide bonds. The molecule has 1 fully saturated rings. The van der Waals surface area contributed by atoms with Crippen molar-refractivity contribution in [2.75, 3.05) is 20.1 Å². The fraction of sp³-hybridized carbons (Fsp3) is 0.529. The lowest BCUT2D eigenvalue weighted by Gasteiger charge is -2.35. The fourth-order valence-electron chi connectivity index (χ4n) is 2.91.